The van der Waals surface area contributed by atoms with Crippen molar-refractivity contribution in [2.75, 3.05) is 19.0 Å². The van der Waals surface area contributed by atoms with Gasteiger partial charge in [-0.05, 0) is 56.2 Å². The van der Waals surface area contributed by atoms with Gasteiger partial charge in [-0.25, -0.2) is 0 Å². The molecule has 1 aromatic carbocycles. The van der Waals surface area contributed by atoms with E-state index in [1.54, 1.807) is 0 Å². The van der Waals surface area contributed by atoms with Crippen LogP contribution in [0.2, 0.25) is 0 Å². The Morgan fingerprint density at radius 3 is 2.21 bits per heavy atom. The van der Waals surface area contributed by atoms with Crippen molar-refractivity contribution in [1.29, 1.82) is 0 Å². The molecule has 0 bridgehead atoms. The van der Waals surface area contributed by atoms with Gasteiger partial charge in [0, 0.05) is 18.7 Å². The highest BCUT2D eigenvalue weighted by molar-refractivity contribution is 5.69. The van der Waals surface area contributed by atoms with E-state index in [4.69, 9.17) is 0 Å². The Bertz CT molecular complexity index is 522. The van der Waals surface area contributed by atoms with Crippen LogP contribution >= 0.6 is 0 Å². The minimum atomic E-state index is -0.130. The highest BCUT2D eigenvalue weighted by Gasteiger charge is 2.00. The van der Waals surface area contributed by atoms with Gasteiger partial charge in [0.1, 0.15) is 0 Å². The molecule has 158 valence electrons. The van der Waals surface area contributed by atoms with E-state index in [-0.39, 0.29) is 5.97 Å². The van der Waals surface area contributed by atoms with Crippen LogP contribution in [0.4, 0.5) is 5.69 Å². The van der Waals surface area contributed by atoms with Gasteiger partial charge < -0.3 is 10.1 Å². The number of esters is 1. The van der Waals surface area contributed by atoms with Gasteiger partial charge in [0.05, 0.1) is 7.11 Å². The van der Waals surface area contributed by atoms with Crippen molar-refractivity contribution in [3.8, 4) is 0 Å². The van der Waals surface area contributed by atoms with Crippen molar-refractivity contribution in [2.24, 2.45) is 0 Å². The van der Waals surface area contributed by atoms with E-state index in [1.807, 2.05) is 0 Å². The summed E-state index contributed by atoms with van der Waals surface area (Å²) in [7, 11) is 1.44. The van der Waals surface area contributed by atoms with Gasteiger partial charge >= 0.3 is 5.97 Å². The monoisotopic (exact) mass is 387 g/mol. The van der Waals surface area contributed by atoms with Crippen LogP contribution in [0.3, 0.4) is 0 Å². The number of hydrogen-bond donors (Lipinski definition) is 1. The fourth-order valence-corrected chi connectivity index (χ4v) is 3.24. The molecule has 1 N–H and O–H groups in total. The van der Waals surface area contributed by atoms with Crippen LogP contribution in [-0.4, -0.2) is 19.6 Å². The van der Waals surface area contributed by atoms with E-state index in [2.05, 4.69) is 53.4 Å². The smallest absolute Gasteiger partial charge is 0.305 e. The highest BCUT2D eigenvalue weighted by atomic mass is 16.5. The Balaban J connectivity index is 1.99. The van der Waals surface area contributed by atoms with E-state index in [9.17, 15) is 4.79 Å². The summed E-state index contributed by atoms with van der Waals surface area (Å²) in [6, 6.07) is 8.54. The lowest BCUT2D eigenvalue weighted by molar-refractivity contribution is -0.140. The third kappa shape index (κ3) is 13.4. The molecule has 0 saturated carbocycles. The second-order valence-corrected chi connectivity index (χ2v) is 7.58. The van der Waals surface area contributed by atoms with Gasteiger partial charge in [0.2, 0.25) is 0 Å². The number of nitrogens with one attached hydrogen (secondary N) is 1. The van der Waals surface area contributed by atoms with Gasteiger partial charge in [-0.2, -0.15) is 0 Å². The zero-order valence-corrected chi connectivity index (χ0v) is 18.2. The normalized spacial score (nSPS) is 11.1. The van der Waals surface area contributed by atoms with Gasteiger partial charge in [-0.3, -0.25) is 4.79 Å². The molecule has 0 radical (unpaired) electrons. The molecule has 1 aromatic rings. The van der Waals surface area contributed by atoms with E-state index < -0.39 is 0 Å². The molecule has 3 heteroatoms. The summed E-state index contributed by atoms with van der Waals surface area (Å²) < 4.78 is 4.67. The van der Waals surface area contributed by atoms with Gasteiger partial charge in [-0.15, -0.1) is 0 Å². The SMILES string of the molecule is CCCCCCCCCC=CCCCNc1ccc(CCCC(=O)OC)cc1. The number of allylic oxidation sites excluding steroid dienone is 2. The summed E-state index contributed by atoms with van der Waals surface area (Å²) in [6.07, 6.45) is 20.2. The molecule has 0 aliphatic carbocycles. The molecule has 0 saturated heterocycles. The molecule has 0 spiro atoms. The molecule has 0 atom stereocenters. The minimum absolute atomic E-state index is 0.130. The molecule has 3 nitrogen and oxygen atoms in total. The number of ether oxygens (including phenoxy) is 1. The third-order valence-corrected chi connectivity index (χ3v) is 5.05. The van der Waals surface area contributed by atoms with Crippen LogP contribution < -0.4 is 5.32 Å². The van der Waals surface area contributed by atoms with Gasteiger partial charge in [0.15, 0.2) is 0 Å². The van der Waals surface area contributed by atoms with E-state index in [0.717, 1.165) is 32.2 Å². The Kier molecular flexibility index (Phi) is 15.0. The molecular formula is C25H41NO2. The van der Waals surface area contributed by atoms with Crippen LogP contribution in [0, 0.1) is 0 Å². The van der Waals surface area contributed by atoms with Crippen molar-refractivity contribution in [1.82, 2.24) is 0 Å². The highest BCUT2D eigenvalue weighted by Crippen LogP contribution is 2.12. The van der Waals surface area contributed by atoms with Crippen LogP contribution in [0.5, 0.6) is 0 Å². The number of anilines is 1. The van der Waals surface area contributed by atoms with Crippen LogP contribution in [0.25, 0.3) is 0 Å². The van der Waals surface area contributed by atoms with E-state index in [1.165, 1.54) is 69.7 Å². The maximum Gasteiger partial charge on any atom is 0.305 e. The lowest BCUT2D eigenvalue weighted by atomic mass is 10.1. The average molecular weight is 388 g/mol. The largest absolute Gasteiger partial charge is 0.469 e. The molecule has 0 heterocycles. The number of aryl methyl sites for hydroxylation is 1. The predicted molar refractivity (Wildman–Crippen MR) is 121 cm³/mol. The fraction of sp³-hybridized carbons (Fsp3) is 0.640. The Morgan fingerprint density at radius 2 is 1.54 bits per heavy atom. The zero-order valence-electron chi connectivity index (χ0n) is 18.2. The Morgan fingerprint density at radius 1 is 0.893 bits per heavy atom. The molecule has 0 fully saturated rings. The number of benzene rings is 1. The van der Waals surface area contributed by atoms with E-state index in [0.29, 0.717) is 6.42 Å². The molecule has 0 unspecified atom stereocenters. The number of hydrogen-bond acceptors (Lipinski definition) is 3. The summed E-state index contributed by atoms with van der Waals surface area (Å²) in [6.45, 7) is 3.28. The number of unbranched alkanes of at least 4 members (excludes halogenated alkanes) is 8. The first-order valence-electron chi connectivity index (χ1n) is 11.3. The first-order valence-corrected chi connectivity index (χ1v) is 11.3. The lowest BCUT2D eigenvalue weighted by Crippen LogP contribution is -2.02. The number of methoxy groups -OCH3 is 1. The lowest BCUT2D eigenvalue weighted by Gasteiger charge is -2.07. The molecular weight excluding hydrogens is 346 g/mol. The average Bonchev–Trinajstić information content (AvgIpc) is 2.72. The Hall–Kier alpha value is -1.77. The minimum Gasteiger partial charge on any atom is -0.469 e. The summed E-state index contributed by atoms with van der Waals surface area (Å²) >= 11 is 0. The molecule has 0 aromatic heterocycles. The van der Waals surface area contributed by atoms with Gasteiger partial charge in [0.25, 0.3) is 0 Å². The number of carbonyl (C=O) groups excluding carboxylic acids is 1. The second kappa shape index (κ2) is 17.3. The van der Waals surface area contributed by atoms with Crippen molar-refractivity contribution >= 4 is 11.7 Å². The Labute approximate surface area is 173 Å². The quantitative estimate of drug-likeness (QED) is 0.176. The second-order valence-electron chi connectivity index (χ2n) is 7.58. The van der Waals surface area contributed by atoms with Crippen LogP contribution in [0.1, 0.15) is 89.5 Å². The van der Waals surface area contributed by atoms with Crippen LogP contribution in [-0.2, 0) is 16.0 Å². The van der Waals surface area contributed by atoms with Crippen molar-refractivity contribution in [2.45, 2.75) is 90.4 Å². The molecule has 28 heavy (non-hydrogen) atoms. The maximum absolute atomic E-state index is 11.1. The molecule has 0 aliphatic heterocycles. The topological polar surface area (TPSA) is 38.3 Å². The molecule has 0 aliphatic rings. The summed E-state index contributed by atoms with van der Waals surface area (Å²) in [5.41, 5.74) is 2.44. The molecule has 1 rings (SSSR count). The van der Waals surface area contributed by atoms with Crippen molar-refractivity contribution < 1.29 is 9.53 Å². The summed E-state index contributed by atoms with van der Waals surface area (Å²) in [5.74, 6) is -0.130. The van der Waals surface area contributed by atoms with Crippen LogP contribution in [0.15, 0.2) is 36.4 Å². The maximum atomic E-state index is 11.1. The number of carbonyl (C=O) groups is 1. The van der Waals surface area contributed by atoms with Gasteiger partial charge in [-0.1, -0.05) is 69.7 Å². The first-order chi connectivity index (χ1) is 13.8. The van der Waals surface area contributed by atoms with E-state index >= 15 is 0 Å². The molecule has 0 amide bonds. The summed E-state index contributed by atoms with van der Waals surface area (Å²) in [5, 5.41) is 3.48. The van der Waals surface area contributed by atoms with Crippen molar-refractivity contribution in [3.05, 3.63) is 42.0 Å². The first kappa shape index (κ1) is 24.3. The zero-order chi connectivity index (χ0) is 20.3. The summed E-state index contributed by atoms with van der Waals surface area (Å²) in [4.78, 5) is 11.1. The van der Waals surface area contributed by atoms with Crippen molar-refractivity contribution in [3.63, 3.8) is 0 Å². The standard InChI is InChI=1S/C25H41NO2/c1-3-4-5-6-7-8-9-10-11-12-13-14-22-26-24-20-18-23(19-21-24)16-15-17-25(27)28-2/h11-12,18-21,26H,3-10,13-17,22H2,1-2H3. The third-order valence-electron chi connectivity index (χ3n) is 5.05. The number of rotatable bonds is 17. The predicted octanol–water partition coefficient (Wildman–Crippen LogP) is 7.07. The fourth-order valence-electron chi connectivity index (χ4n) is 3.24.